The second-order valence-corrected chi connectivity index (χ2v) is 8.54. The Hall–Kier alpha value is -2.50. The summed E-state index contributed by atoms with van der Waals surface area (Å²) < 4.78 is 0. The molecule has 2 aliphatic rings. The highest BCUT2D eigenvalue weighted by molar-refractivity contribution is 6.47. The van der Waals surface area contributed by atoms with Gasteiger partial charge in [0, 0.05) is 11.6 Å². The van der Waals surface area contributed by atoms with E-state index in [2.05, 4.69) is 0 Å². The molecule has 30 heavy (non-hydrogen) atoms. The van der Waals surface area contributed by atoms with Gasteiger partial charge in [-0.25, -0.2) is 0 Å². The first-order valence-corrected chi connectivity index (χ1v) is 10.7. The zero-order chi connectivity index (χ0) is 21.4. The molecule has 1 aliphatic carbocycles. The molecule has 0 spiro atoms. The maximum Gasteiger partial charge on any atom is 0.295 e. The van der Waals surface area contributed by atoms with Crippen molar-refractivity contribution in [3.05, 3.63) is 69.2 Å². The van der Waals surface area contributed by atoms with Crippen LogP contribution in [0, 0.1) is 0 Å². The number of carbonyl (C=O) groups excluding carboxylic acids is 2. The number of Topliss-reactive ketones (excluding diaryl/α,β-unsaturated/α-hetero) is 1. The summed E-state index contributed by atoms with van der Waals surface area (Å²) in [4.78, 5) is 27.7. The van der Waals surface area contributed by atoms with Gasteiger partial charge in [-0.3, -0.25) is 9.59 Å². The fourth-order valence-corrected chi connectivity index (χ4v) is 4.71. The smallest absolute Gasteiger partial charge is 0.295 e. The summed E-state index contributed by atoms with van der Waals surface area (Å²) in [5, 5.41) is 21.6. The van der Waals surface area contributed by atoms with E-state index in [1.54, 1.807) is 23.1 Å². The lowest BCUT2D eigenvalue weighted by molar-refractivity contribution is -0.141. The van der Waals surface area contributed by atoms with Crippen LogP contribution in [-0.4, -0.2) is 32.8 Å². The van der Waals surface area contributed by atoms with Gasteiger partial charge < -0.3 is 15.1 Å². The zero-order valence-corrected chi connectivity index (χ0v) is 17.7. The lowest BCUT2D eigenvalue weighted by Gasteiger charge is -2.35. The van der Waals surface area contributed by atoms with E-state index in [4.69, 9.17) is 23.2 Å². The van der Waals surface area contributed by atoms with Gasteiger partial charge in [0.2, 0.25) is 0 Å². The molecule has 2 N–H and O–H groups in total. The van der Waals surface area contributed by atoms with Crippen molar-refractivity contribution < 1.29 is 19.8 Å². The van der Waals surface area contributed by atoms with Crippen LogP contribution in [0.4, 0.5) is 0 Å². The van der Waals surface area contributed by atoms with Gasteiger partial charge in [0.05, 0.1) is 21.7 Å². The topological polar surface area (TPSA) is 77.8 Å². The molecule has 0 radical (unpaired) electrons. The highest BCUT2D eigenvalue weighted by Gasteiger charge is 2.48. The van der Waals surface area contributed by atoms with Gasteiger partial charge in [0.25, 0.3) is 11.7 Å². The number of halogens is 2. The molecule has 2 fully saturated rings. The molecule has 1 heterocycles. The predicted molar refractivity (Wildman–Crippen MR) is 116 cm³/mol. The van der Waals surface area contributed by atoms with Crippen molar-refractivity contribution in [2.75, 3.05) is 0 Å². The van der Waals surface area contributed by atoms with Crippen LogP contribution in [0.1, 0.15) is 49.3 Å². The second-order valence-electron chi connectivity index (χ2n) is 7.72. The molecule has 2 aromatic rings. The fourth-order valence-electron chi connectivity index (χ4n) is 4.41. The number of likely N-dealkylation sites (tertiary alicyclic amines) is 1. The Morgan fingerprint density at radius 3 is 2.37 bits per heavy atom. The molecule has 1 unspecified atom stereocenters. The number of nitrogens with zero attached hydrogens (tertiary/aromatic N) is 1. The van der Waals surface area contributed by atoms with E-state index in [-0.39, 0.29) is 28.1 Å². The van der Waals surface area contributed by atoms with Crippen molar-refractivity contribution in [2.45, 2.75) is 44.2 Å². The van der Waals surface area contributed by atoms with E-state index in [9.17, 15) is 19.8 Å². The average molecular weight is 446 g/mol. The zero-order valence-electron chi connectivity index (χ0n) is 16.1. The number of hydrogen-bond acceptors (Lipinski definition) is 4. The SMILES string of the molecule is O=C1C(=O)N(C2CCCCC2)C(c2cccc(O)c2)/C1=C(/O)c1ccc(Cl)c(Cl)c1. The van der Waals surface area contributed by atoms with Crippen LogP contribution in [0.3, 0.4) is 0 Å². The van der Waals surface area contributed by atoms with E-state index in [1.807, 2.05) is 0 Å². The van der Waals surface area contributed by atoms with Crippen LogP contribution in [0.5, 0.6) is 5.75 Å². The number of carbonyl (C=O) groups is 2. The van der Waals surface area contributed by atoms with Crippen molar-refractivity contribution in [3.63, 3.8) is 0 Å². The number of phenols is 1. The van der Waals surface area contributed by atoms with Gasteiger partial charge in [0.15, 0.2) is 0 Å². The van der Waals surface area contributed by atoms with E-state index in [1.165, 1.54) is 24.3 Å². The van der Waals surface area contributed by atoms with Gasteiger partial charge >= 0.3 is 0 Å². The molecule has 0 aromatic heterocycles. The van der Waals surface area contributed by atoms with Crippen LogP contribution in [-0.2, 0) is 9.59 Å². The highest BCUT2D eigenvalue weighted by atomic mass is 35.5. The van der Waals surface area contributed by atoms with E-state index in [0.29, 0.717) is 16.1 Å². The molecule has 1 amide bonds. The van der Waals surface area contributed by atoms with Gasteiger partial charge in [0.1, 0.15) is 11.5 Å². The van der Waals surface area contributed by atoms with Crippen molar-refractivity contribution in [3.8, 4) is 5.75 Å². The lowest BCUT2D eigenvalue weighted by Crippen LogP contribution is -2.40. The monoisotopic (exact) mass is 445 g/mol. The minimum absolute atomic E-state index is 0.00503. The molecule has 2 aromatic carbocycles. The molecular weight excluding hydrogens is 425 g/mol. The van der Waals surface area contributed by atoms with Gasteiger partial charge in [-0.05, 0) is 48.7 Å². The number of phenolic OH excluding ortho intramolecular Hbond substituents is 1. The summed E-state index contributed by atoms with van der Waals surface area (Å²) in [6, 6.07) is 10.1. The largest absolute Gasteiger partial charge is 0.508 e. The maximum absolute atomic E-state index is 13.1. The molecule has 5 nitrogen and oxygen atoms in total. The summed E-state index contributed by atoms with van der Waals surface area (Å²) >= 11 is 12.1. The third kappa shape index (κ3) is 3.68. The van der Waals surface area contributed by atoms with Crippen LogP contribution in [0.2, 0.25) is 10.0 Å². The quantitative estimate of drug-likeness (QED) is 0.373. The van der Waals surface area contributed by atoms with Gasteiger partial charge in [-0.1, -0.05) is 54.6 Å². The van der Waals surface area contributed by atoms with Crippen LogP contribution >= 0.6 is 23.2 Å². The molecule has 0 bridgehead atoms. The van der Waals surface area contributed by atoms with Gasteiger partial charge in [-0.15, -0.1) is 0 Å². The molecule has 1 saturated heterocycles. The summed E-state index contributed by atoms with van der Waals surface area (Å²) in [5.74, 6) is -1.65. The maximum atomic E-state index is 13.1. The molecular formula is C23H21Cl2NO4. The number of rotatable bonds is 3. The predicted octanol–water partition coefficient (Wildman–Crippen LogP) is 5.45. The minimum Gasteiger partial charge on any atom is -0.508 e. The van der Waals surface area contributed by atoms with Crippen LogP contribution in [0.25, 0.3) is 5.76 Å². The number of hydrogen-bond donors (Lipinski definition) is 2. The van der Waals surface area contributed by atoms with Crippen molar-refractivity contribution >= 4 is 40.7 Å². The fraction of sp³-hybridized carbons (Fsp3) is 0.304. The van der Waals surface area contributed by atoms with E-state index in [0.717, 1.165) is 32.1 Å². The Bertz CT molecular complexity index is 1040. The average Bonchev–Trinajstić information content (AvgIpc) is 3.01. The van der Waals surface area contributed by atoms with Crippen molar-refractivity contribution in [1.82, 2.24) is 4.90 Å². The first kappa shape index (κ1) is 20.8. The summed E-state index contributed by atoms with van der Waals surface area (Å²) in [6.45, 7) is 0. The Morgan fingerprint density at radius 2 is 1.70 bits per heavy atom. The molecule has 1 aliphatic heterocycles. The third-order valence-electron chi connectivity index (χ3n) is 5.83. The van der Waals surface area contributed by atoms with Gasteiger partial charge in [-0.2, -0.15) is 0 Å². The van der Waals surface area contributed by atoms with Crippen molar-refractivity contribution in [2.24, 2.45) is 0 Å². The number of ketones is 1. The number of aliphatic hydroxyl groups excluding tert-OH is 1. The molecule has 7 heteroatoms. The Morgan fingerprint density at radius 1 is 0.967 bits per heavy atom. The molecule has 4 rings (SSSR count). The number of benzene rings is 2. The Balaban J connectivity index is 1.89. The van der Waals surface area contributed by atoms with Crippen LogP contribution < -0.4 is 0 Å². The minimum atomic E-state index is -0.783. The highest BCUT2D eigenvalue weighted by Crippen LogP contribution is 2.43. The molecule has 1 atom stereocenters. The third-order valence-corrected chi connectivity index (χ3v) is 6.57. The van der Waals surface area contributed by atoms with E-state index < -0.39 is 17.7 Å². The molecule has 156 valence electrons. The Kier molecular flexibility index (Phi) is 5.76. The Labute approximate surface area is 184 Å². The number of aliphatic hydroxyl groups is 1. The summed E-state index contributed by atoms with van der Waals surface area (Å²) in [7, 11) is 0. The summed E-state index contributed by atoms with van der Waals surface area (Å²) in [6.07, 6.45) is 4.66. The second kappa shape index (κ2) is 8.32. The lowest BCUT2D eigenvalue weighted by atomic mass is 9.91. The van der Waals surface area contributed by atoms with Crippen molar-refractivity contribution in [1.29, 1.82) is 0 Å². The summed E-state index contributed by atoms with van der Waals surface area (Å²) in [5.41, 5.74) is 0.868. The number of aromatic hydroxyl groups is 1. The van der Waals surface area contributed by atoms with E-state index >= 15 is 0 Å². The normalized spacial score (nSPS) is 21.9. The first-order chi connectivity index (χ1) is 14.4. The first-order valence-electron chi connectivity index (χ1n) is 9.93. The molecule has 1 saturated carbocycles. The standard InChI is InChI=1S/C23H21Cl2NO4/c24-17-10-9-14(12-18(17)25)21(28)19-20(13-5-4-8-16(27)11-13)26(23(30)22(19)29)15-6-2-1-3-7-15/h4-5,8-12,15,20,27-28H,1-3,6-7H2/b21-19-. The number of amides is 1. The van der Waals surface area contributed by atoms with Crippen LogP contribution in [0.15, 0.2) is 48.0 Å².